The number of amides is 2. The smallest absolute Gasteiger partial charge is 0.321 e. The summed E-state index contributed by atoms with van der Waals surface area (Å²) in [4.78, 5) is 14.1. The van der Waals surface area contributed by atoms with Gasteiger partial charge in [-0.25, -0.2) is 4.79 Å². The van der Waals surface area contributed by atoms with Gasteiger partial charge < -0.3 is 10.2 Å². The number of hydrogen-bond donors (Lipinski definition) is 1. The monoisotopic (exact) mass is 288 g/mol. The fourth-order valence-corrected chi connectivity index (χ4v) is 2.20. The molecule has 1 aromatic carbocycles. The molecule has 0 aliphatic carbocycles. The van der Waals surface area contributed by atoms with Gasteiger partial charge in [-0.3, -0.25) is 0 Å². The summed E-state index contributed by atoms with van der Waals surface area (Å²) in [6.07, 6.45) is 3.65. The summed E-state index contributed by atoms with van der Waals surface area (Å²) in [6, 6.07) is 8.16. The van der Waals surface area contributed by atoms with Crippen LogP contribution in [0.4, 0.5) is 4.79 Å². The Morgan fingerprint density at radius 3 is 2.33 bits per heavy atom. The molecular formula is C18H28N2O. The molecule has 0 spiro atoms. The molecule has 116 valence electrons. The Morgan fingerprint density at radius 2 is 1.81 bits per heavy atom. The zero-order valence-electron chi connectivity index (χ0n) is 13.9. The van der Waals surface area contributed by atoms with Crippen LogP contribution in [0.1, 0.15) is 38.8 Å². The van der Waals surface area contributed by atoms with Crippen molar-refractivity contribution in [2.75, 3.05) is 13.1 Å². The number of aryl methyl sites for hydroxylation is 1. The number of carbonyl (C=O) groups is 1. The highest BCUT2D eigenvalue weighted by Crippen LogP contribution is 2.06. The van der Waals surface area contributed by atoms with E-state index in [4.69, 9.17) is 0 Å². The molecule has 0 bridgehead atoms. The molecule has 0 saturated heterocycles. The second kappa shape index (κ2) is 8.50. The van der Waals surface area contributed by atoms with E-state index in [0.29, 0.717) is 11.8 Å². The van der Waals surface area contributed by atoms with E-state index in [1.54, 1.807) is 6.20 Å². The number of urea groups is 1. The summed E-state index contributed by atoms with van der Waals surface area (Å²) in [6.45, 7) is 12.1. The van der Waals surface area contributed by atoms with Crippen LogP contribution in [-0.2, 0) is 0 Å². The van der Waals surface area contributed by atoms with Gasteiger partial charge in [0.2, 0.25) is 0 Å². The lowest BCUT2D eigenvalue weighted by Gasteiger charge is -2.25. The number of nitrogens with one attached hydrogen (secondary N) is 1. The largest absolute Gasteiger partial charge is 0.324 e. The van der Waals surface area contributed by atoms with E-state index in [-0.39, 0.29) is 6.03 Å². The molecule has 1 aromatic rings. The van der Waals surface area contributed by atoms with Crippen LogP contribution < -0.4 is 5.32 Å². The van der Waals surface area contributed by atoms with Crippen molar-refractivity contribution in [3.05, 3.63) is 41.6 Å². The molecule has 1 N–H and O–H groups in total. The highest BCUT2D eigenvalue weighted by Gasteiger charge is 2.14. The summed E-state index contributed by atoms with van der Waals surface area (Å²) in [5.74, 6) is 0.936. The molecule has 0 radical (unpaired) electrons. The van der Waals surface area contributed by atoms with Crippen molar-refractivity contribution in [2.45, 2.75) is 34.6 Å². The van der Waals surface area contributed by atoms with Crippen LogP contribution >= 0.6 is 0 Å². The van der Waals surface area contributed by atoms with E-state index in [1.165, 1.54) is 5.56 Å². The van der Waals surface area contributed by atoms with Gasteiger partial charge in [-0.05, 0) is 30.4 Å². The lowest BCUT2D eigenvalue weighted by molar-refractivity contribution is 0.187. The molecule has 0 atom stereocenters. The zero-order chi connectivity index (χ0) is 15.8. The second-order valence-corrected chi connectivity index (χ2v) is 6.39. The summed E-state index contributed by atoms with van der Waals surface area (Å²) < 4.78 is 0. The first-order chi connectivity index (χ1) is 9.88. The molecule has 0 aliphatic heterocycles. The van der Waals surface area contributed by atoms with E-state index >= 15 is 0 Å². The maximum absolute atomic E-state index is 12.2. The molecule has 0 heterocycles. The summed E-state index contributed by atoms with van der Waals surface area (Å²) in [5, 5.41) is 2.87. The van der Waals surface area contributed by atoms with E-state index in [1.807, 2.05) is 23.1 Å². The Labute approximate surface area is 129 Å². The van der Waals surface area contributed by atoms with Crippen LogP contribution in [0.25, 0.3) is 6.08 Å². The Kier molecular flexibility index (Phi) is 7.00. The van der Waals surface area contributed by atoms with Crippen molar-refractivity contribution in [3.8, 4) is 0 Å². The maximum atomic E-state index is 12.2. The van der Waals surface area contributed by atoms with Crippen molar-refractivity contribution in [3.63, 3.8) is 0 Å². The number of hydrogen-bond acceptors (Lipinski definition) is 1. The highest BCUT2D eigenvalue weighted by atomic mass is 16.2. The lowest BCUT2D eigenvalue weighted by Crippen LogP contribution is -2.41. The van der Waals surface area contributed by atoms with Crippen LogP contribution in [-0.4, -0.2) is 24.0 Å². The van der Waals surface area contributed by atoms with Crippen molar-refractivity contribution in [2.24, 2.45) is 11.8 Å². The standard InChI is InChI=1S/C18H28N2O/c1-14(2)12-20(13-15(3)4)18(21)19-10-9-17-8-6-7-16(5)11-17/h6-11,14-15H,12-13H2,1-5H3,(H,19,21)/b10-9+. The quantitative estimate of drug-likeness (QED) is 0.832. The summed E-state index contributed by atoms with van der Waals surface area (Å²) in [7, 11) is 0. The molecule has 3 heteroatoms. The van der Waals surface area contributed by atoms with Crippen molar-refractivity contribution in [1.82, 2.24) is 10.2 Å². The first-order valence-corrected chi connectivity index (χ1v) is 7.67. The normalized spacial score (nSPS) is 11.4. The van der Waals surface area contributed by atoms with Crippen molar-refractivity contribution >= 4 is 12.1 Å². The van der Waals surface area contributed by atoms with E-state index in [9.17, 15) is 4.79 Å². The Bertz CT molecular complexity index is 468. The highest BCUT2D eigenvalue weighted by molar-refractivity contribution is 5.76. The number of benzene rings is 1. The summed E-state index contributed by atoms with van der Waals surface area (Å²) >= 11 is 0. The first kappa shape index (κ1) is 17.3. The van der Waals surface area contributed by atoms with Gasteiger partial charge in [0.15, 0.2) is 0 Å². The van der Waals surface area contributed by atoms with Gasteiger partial charge >= 0.3 is 6.03 Å². The predicted octanol–water partition coefficient (Wildman–Crippen LogP) is 4.29. The molecule has 0 aliphatic rings. The van der Waals surface area contributed by atoms with Gasteiger partial charge in [0, 0.05) is 19.3 Å². The molecule has 0 fully saturated rings. The molecule has 0 unspecified atom stereocenters. The van der Waals surface area contributed by atoms with Gasteiger partial charge in [-0.1, -0.05) is 57.5 Å². The number of nitrogens with zero attached hydrogens (tertiary/aromatic N) is 1. The minimum Gasteiger partial charge on any atom is -0.324 e. The molecule has 0 saturated carbocycles. The third kappa shape index (κ3) is 6.98. The fraction of sp³-hybridized carbons (Fsp3) is 0.500. The van der Waals surface area contributed by atoms with Crippen LogP contribution in [0.5, 0.6) is 0 Å². The third-order valence-corrected chi connectivity index (χ3v) is 2.98. The van der Waals surface area contributed by atoms with Crippen LogP contribution in [0.2, 0.25) is 0 Å². The average molecular weight is 288 g/mol. The topological polar surface area (TPSA) is 32.3 Å². The Hall–Kier alpha value is -1.77. The molecule has 1 rings (SSSR count). The molecule has 3 nitrogen and oxygen atoms in total. The lowest BCUT2D eigenvalue weighted by atomic mass is 10.1. The van der Waals surface area contributed by atoms with Gasteiger partial charge in [0.25, 0.3) is 0 Å². The first-order valence-electron chi connectivity index (χ1n) is 7.67. The third-order valence-electron chi connectivity index (χ3n) is 2.98. The SMILES string of the molecule is Cc1cccc(/C=C/NC(=O)N(CC(C)C)CC(C)C)c1. The van der Waals surface area contributed by atoms with E-state index in [0.717, 1.165) is 18.7 Å². The molecule has 2 amide bonds. The summed E-state index contributed by atoms with van der Waals surface area (Å²) in [5.41, 5.74) is 2.30. The van der Waals surface area contributed by atoms with Crippen LogP contribution in [0.15, 0.2) is 30.5 Å². The molecule has 0 aromatic heterocycles. The predicted molar refractivity (Wildman–Crippen MR) is 90.0 cm³/mol. The number of carbonyl (C=O) groups excluding carboxylic acids is 1. The van der Waals surface area contributed by atoms with Crippen LogP contribution in [0.3, 0.4) is 0 Å². The van der Waals surface area contributed by atoms with Gasteiger partial charge in [-0.2, -0.15) is 0 Å². The van der Waals surface area contributed by atoms with Crippen molar-refractivity contribution < 1.29 is 4.79 Å². The second-order valence-electron chi connectivity index (χ2n) is 6.39. The fourth-order valence-electron chi connectivity index (χ4n) is 2.20. The Morgan fingerprint density at radius 1 is 1.19 bits per heavy atom. The Balaban J connectivity index is 2.60. The van der Waals surface area contributed by atoms with Crippen LogP contribution in [0, 0.1) is 18.8 Å². The minimum absolute atomic E-state index is 0.0266. The molecular weight excluding hydrogens is 260 g/mol. The van der Waals surface area contributed by atoms with Gasteiger partial charge in [-0.15, -0.1) is 0 Å². The molecule has 21 heavy (non-hydrogen) atoms. The zero-order valence-corrected chi connectivity index (χ0v) is 13.9. The van der Waals surface area contributed by atoms with Gasteiger partial charge in [0.1, 0.15) is 0 Å². The van der Waals surface area contributed by atoms with Gasteiger partial charge in [0.05, 0.1) is 0 Å². The number of rotatable bonds is 6. The van der Waals surface area contributed by atoms with E-state index < -0.39 is 0 Å². The van der Waals surface area contributed by atoms with E-state index in [2.05, 4.69) is 52.1 Å². The minimum atomic E-state index is -0.0266. The average Bonchev–Trinajstić information content (AvgIpc) is 2.36. The maximum Gasteiger partial charge on any atom is 0.321 e. The van der Waals surface area contributed by atoms with Crippen molar-refractivity contribution in [1.29, 1.82) is 0 Å².